The lowest BCUT2D eigenvalue weighted by Crippen LogP contribution is -2.27. The average molecular weight is 399 g/mol. The molecule has 130 valence electrons. The van der Waals surface area contributed by atoms with E-state index in [1.807, 2.05) is 12.1 Å². The number of hydrogen-bond acceptors (Lipinski definition) is 6. The molecule has 5 rings (SSSR count). The number of nitrogens with one attached hydrogen (secondary N) is 1. The smallest absolute Gasteiger partial charge is 0.173 e. The van der Waals surface area contributed by atoms with E-state index in [-0.39, 0.29) is 0 Å². The number of rotatable bonds is 2. The van der Waals surface area contributed by atoms with E-state index in [0.717, 1.165) is 45.6 Å². The van der Waals surface area contributed by atoms with Crippen LogP contribution in [0.3, 0.4) is 0 Å². The normalized spacial score (nSPS) is 17.4. The van der Waals surface area contributed by atoms with Crippen molar-refractivity contribution in [2.24, 2.45) is 9.98 Å². The fourth-order valence-corrected chi connectivity index (χ4v) is 5.15. The van der Waals surface area contributed by atoms with Crippen molar-refractivity contribution in [2.45, 2.75) is 13.1 Å². The van der Waals surface area contributed by atoms with Gasteiger partial charge in [0, 0.05) is 22.2 Å². The Hall–Kier alpha value is -1.89. The molecule has 0 unspecified atom stereocenters. The van der Waals surface area contributed by atoms with Gasteiger partial charge in [-0.1, -0.05) is 59.4 Å². The van der Waals surface area contributed by atoms with Crippen molar-refractivity contribution in [1.82, 2.24) is 4.90 Å². The molecule has 0 aromatic heterocycles. The van der Waals surface area contributed by atoms with Crippen LogP contribution in [0.25, 0.3) is 0 Å². The highest BCUT2D eigenvalue weighted by molar-refractivity contribution is 8.17. The number of halogens is 1. The van der Waals surface area contributed by atoms with Gasteiger partial charge in [0.1, 0.15) is 0 Å². The maximum atomic E-state index is 6.09. The molecule has 3 heterocycles. The van der Waals surface area contributed by atoms with Crippen LogP contribution in [-0.4, -0.2) is 21.0 Å². The number of fused-ring (bicyclic) bond motifs is 3. The quantitative estimate of drug-likeness (QED) is 0.730. The zero-order valence-corrected chi connectivity index (χ0v) is 16.2. The molecule has 0 saturated carbocycles. The molecule has 0 aliphatic carbocycles. The number of aliphatic imine (C=N–C) groups is 2. The van der Waals surface area contributed by atoms with Crippen LogP contribution < -0.4 is 5.32 Å². The number of thioether (sulfide) groups is 2. The molecular weight excluding hydrogens is 384 g/mol. The zero-order valence-electron chi connectivity index (χ0n) is 13.8. The van der Waals surface area contributed by atoms with Crippen LogP contribution in [0.1, 0.15) is 11.1 Å². The number of nitrogens with zero attached hydrogens (tertiary/aromatic N) is 3. The predicted molar refractivity (Wildman–Crippen MR) is 113 cm³/mol. The van der Waals surface area contributed by atoms with Gasteiger partial charge in [-0.15, -0.1) is 0 Å². The Morgan fingerprint density at radius 2 is 2.12 bits per heavy atom. The third-order valence-electron chi connectivity index (χ3n) is 4.48. The summed E-state index contributed by atoms with van der Waals surface area (Å²) in [6, 6.07) is 14.3. The van der Waals surface area contributed by atoms with Gasteiger partial charge in [0.25, 0.3) is 0 Å². The SMILES string of the molecule is Clc1ccc2c(c1)N=C1SC=C(CSC3=NCc4ccccc4N3)N1C2. The van der Waals surface area contributed by atoms with E-state index < -0.39 is 0 Å². The van der Waals surface area contributed by atoms with Gasteiger partial charge in [-0.05, 0) is 34.7 Å². The average Bonchev–Trinajstić information content (AvgIpc) is 3.06. The van der Waals surface area contributed by atoms with E-state index in [0.29, 0.717) is 0 Å². The number of benzene rings is 2. The summed E-state index contributed by atoms with van der Waals surface area (Å²) < 4.78 is 0. The Morgan fingerprint density at radius 3 is 3.08 bits per heavy atom. The molecule has 0 spiro atoms. The summed E-state index contributed by atoms with van der Waals surface area (Å²) in [5, 5.41) is 8.36. The second-order valence-corrected chi connectivity index (χ2v) is 8.41. The van der Waals surface area contributed by atoms with Gasteiger partial charge in [0.15, 0.2) is 10.3 Å². The van der Waals surface area contributed by atoms with Crippen LogP contribution in [0.5, 0.6) is 0 Å². The minimum atomic E-state index is 0.731. The Morgan fingerprint density at radius 1 is 1.19 bits per heavy atom. The van der Waals surface area contributed by atoms with Crippen molar-refractivity contribution < 1.29 is 0 Å². The first-order chi connectivity index (χ1) is 12.8. The van der Waals surface area contributed by atoms with Crippen molar-refractivity contribution >= 4 is 56.8 Å². The molecule has 0 bridgehead atoms. The van der Waals surface area contributed by atoms with E-state index >= 15 is 0 Å². The van der Waals surface area contributed by atoms with Crippen LogP contribution in [0, 0.1) is 0 Å². The molecule has 0 radical (unpaired) electrons. The highest BCUT2D eigenvalue weighted by atomic mass is 35.5. The van der Waals surface area contributed by atoms with Crippen molar-refractivity contribution in [3.8, 4) is 0 Å². The molecule has 1 N–H and O–H groups in total. The first kappa shape index (κ1) is 16.3. The van der Waals surface area contributed by atoms with E-state index in [1.165, 1.54) is 16.8 Å². The molecule has 0 saturated heterocycles. The minimum Gasteiger partial charge on any atom is -0.335 e. The van der Waals surface area contributed by atoms with E-state index in [4.69, 9.17) is 16.6 Å². The lowest BCUT2D eigenvalue weighted by molar-refractivity contribution is 0.519. The fourth-order valence-electron chi connectivity index (χ4n) is 3.10. The maximum absolute atomic E-state index is 6.09. The van der Waals surface area contributed by atoms with Gasteiger partial charge in [0.2, 0.25) is 0 Å². The molecule has 0 atom stereocenters. The summed E-state index contributed by atoms with van der Waals surface area (Å²) in [4.78, 5) is 11.7. The molecule has 4 nitrogen and oxygen atoms in total. The number of anilines is 1. The molecule has 7 heteroatoms. The molecule has 0 fully saturated rings. The Kier molecular flexibility index (Phi) is 4.19. The molecule has 2 aromatic carbocycles. The fraction of sp³-hybridized carbons (Fsp3) is 0.158. The first-order valence-electron chi connectivity index (χ1n) is 8.29. The lowest BCUT2D eigenvalue weighted by atomic mass is 10.1. The van der Waals surface area contributed by atoms with Crippen LogP contribution >= 0.6 is 35.1 Å². The molecule has 3 aliphatic heterocycles. The van der Waals surface area contributed by atoms with Crippen molar-refractivity contribution in [3.63, 3.8) is 0 Å². The highest BCUT2D eigenvalue weighted by Crippen LogP contribution is 2.38. The number of amidine groups is 2. The predicted octanol–water partition coefficient (Wildman–Crippen LogP) is 5.45. The third-order valence-corrected chi connectivity index (χ3v) is 6.57. The van der Waals surface area contributed by atoms with Gasteiger partial charge < -0.3 is 10.2 Å². The van der Waals surface area contributed by atoms with E-state index in [1.54, 1.807) is 23.5 Å². The summed E-state index contributed by atoms with van der Waals surface area (Å²) in [6.45, 7) is 1.58. The Balaban J connectivity index is 1.27. The summed E-state index contributed by atoms with van der Waals surface area (Å²) in [5.41, 5.74) is 5.86. The van der Waals surface area contributed by atoms with Crippen LogP contribution in [-0.2, 0) is 13.1 Å². The van der Waals surface area contributed by atoms with Crippen molar-refractivity contribution in [2.75, 3.05) is 11.1 Å². The van der Waals surface area contributed by atoms with Gasteiger partial charge in [-0.25, -0.2) is 4.99 Å². The Labute approximate surface area is 165 Å². The van der Waals surface area contributed by atoms with Crippen LogP contribution in [0.15, 0.2) is 63.6 Å². The maximum Gasteiger partial charge on any atom is 0.173 e. The molecule has 0 amide bonds. The van der Waals surface area contributed by atoms with E-state index in [2.05, 4.69) is 50.9 Å². The van der Waals surface area contributed by atoms with Crippen LogP contribution in [0.4, 0.5) is 11.4 Å². The monoisotopic (exact) mass is 398 g/mol. The summed E-state index contributed by atoms with van der Waals surface area (Å²) >= 11 is 9.51. The zero-order chi connectivity index (χ0) is 17.5. The number of para-hydroxylation sites is 1. The van der Waals surface area contributed by atoms with Gasteiger partial charge >= 0.3 is 0 Å². The first-order valence-corrected chi connectivity index (χ1v) is 10.5. The highest BCUT2D eigenvalue weighted by Gasteiger charge is 2.28. The minimum absolute atomic E-state index is 0.731. The third kappa shape index (κ3) is 3.02. The Bertz CT molecular complexity index is 983. The topological polar surface area (TPSA) is 40.0 Å². The number of hydrogen-bond donors (Lipinski definition) is 1. The second-order valence-electron chi connectivity index (χ2n) is 6.17. The molecule has 3 aliphatic rings. The largest absolute Gasteiger partial charge is 0.335 e. The van der Waals surface area contributed by atoms with Crippen LogP contribution in [0.2, 0.25) is 5.02 Å². The van der Waals surface area contributed by atoms with Gasteiger partial charge in [0.05, 0.1) is 18.8 Å². The molecular formula is C19H15ClN4S2. The second kappa shape index (κ2) is 6.68. The van der Waals surface area contributed by atoms with Gasteiger partial charge in [-0.3, -0.25) is 4.99 Å². The van der Waals surface area contributed by atoms with Crippen molar-refractivity contribution in [1.29, 1.82) is 0 Å². The molecule has 26 heavy (non-hydrogen) atoms. The molecule has 2 aromatic rings. The van der Waals surface area contributed by atoms with E-state index in [9.17, 15) is 0 Å². The van der Waals surface area contributed by atoms with Gasteiger partial charge in [-0.2, -0.15) is 0 Å². The van der Waals surface area contributed by atoms with Crippen molar-refractivity contribution in [3.05, 3.63) is 69.7 Å². The summed E-state index contributed by atoms with van der Waals surface area (Å²) in [7, 11) is 0. The summed E-state index contributed by atoms with van der Waals surface area (Å²) in [6.07, 6.45) is 0. The lowest BCUT2D eigenvalue weighted by Gasteiger charge is -2.27. The summed E-state index contributed by atoms with van der Waals surface area (Å²) in [5.74, 6) is 0.864. The standard InChI is InChI=1S/C19H15ClN4S2/c20-14-6-5-13-9-24-15(11-26-19(24)23-17(13)7-14)10-25-18-21-8-12-3-1-2-4-16(12)22-18/h1-7,11H,8-10H2,(H,21,22).